The quantitative estimate of drug-likeness (QED) is 0.370. The van der Waals surface area contributed by atoms with Gasteiger partial charge in [0.05, 0.1) is 37.7 Å². The summed E-state index contributed by atoms with van der Waals surface area (Å²) in [6.45, 7) is 2.04. The van der Waals surface area contributed by atoms with Crippen LogP contribution >= 0.6 is 15.9 Å². The van der Waals surface area contributed by atoms with Gasteiger partial charge in [0, 0.05) is 5.33 Å². The third-order valence-corrected chi connectivity index (χ3v) is 7.99. The lowest BCUT2D eigenvalue weighted by molar-refractivity contribution is -0.143. The van der Waals surface area contributed by atoms with Gasteiger partial charge in [-0.25, -0.2) is 0 Å². The van der Waals surface area contributed by atoms with Crippen LogP contribution in [0.1, 0.15) is 68.1 Å². The molecule has 2 fully saturated rings. The number of methoxy groups -OCH3 is 2. The smallest absolute Gasteiger partial charge is 0.306 e. The van der Waals surface area contributed by atoms with Crippen molar-refractivity contribution in [3.63, 3.8) is 0 Å². The number of hydrogen-bond acceptors (Lipinski definition) is 5. The Morgan fingerprint density at radius 1 is 1.03 bits per heavy atom. The van der Waals surface area contributed by atoms with Gasteiger partial charge in [-0.1, -0.05) is 34.1 Å². The van der Waals surface area contributed by atoms with Crippen molar-refractivity contribution in [3.8, 4) is 23.3 Å². The Morgan fingerprint density at radius 2 is 1.69 bits per heavy atom. The molecule has 0 heterocycles. The number of rotatable bonds is 7. The Hall–Kier alpha value is -2.72. The molecule has 36 heavy (non-hydrogen) atoms. The highest BCUT2D eigenvalue weighted by atomic mass is 79.9. The first-order chi connectivity index (χ1) is 17.4. The van der Waals surface area contributed by atoms with Gasteiger partial charge in [-0.2, -0.15) is 5.26 Å². The second-order valence-electron chi connectivity index (χ2n) is 9.63. The minimum absolute atomic E-state index is 0.213. The molecule has 0 spiro atoms. The summed E-state index contributed by atoms with van der Waals surface area (Å²) in [7, 11) is 3.31. The summed E-state index contributed by atoms with van der Waals surface area (Å²) in [5, 5.41) is 19.9. The number of alkyl halides is 1. The molecule has 2 aromatic rings. The second-order valence-corrected chi connectivity index (χ2v) is 10.2. The number of aryl methyl sites for hydroxylation is 1. The number of carboxylic acid groups (broad SMARTS) is 1. The Labute approximate surface area is 222 Å². The molecule has 0 aliphatic heterocycles. The number of hydrogen-bond donors (Lipinski definition) is 1. The molecule has 194 valence electrons. The van der Waals surface area contributed by atoms with E-state index >= 15 is 0 Å². The van der Waals surface area contributed by atoms with Crippen LogP contribution in [0.3, 0.4) is 0 Å². The third kappa shape index (κ3) is 6.73. The standard InChI is InChI=1S/C20H25NO4.C9H11BrO/c1-24-17-7-6-15(12-18(17)25-16-4-2-3-5-16)20(13-21)10-8-14(9-11-20)19(22)23;1-7-3-4-8(6-10)5-9(7)11-2/h6-7,12,14,16H,2-5,8-11H2,1H3,(H,22,23);3-5H,6H2,1-2H3. The molecule has 4 rings (SSSR count). The molecule has 0 unspecified atom stereocenters. The zero-order valence-electron chi connectivity index (χ0n) is 21.4. The Morgan fingerprint density at radius 3 is 2.25 bits per heavy atom. The van der Waals surface area contributed by atoms with Crippen molar-refractivity contribution in [2.45, 2.75) is 75.1 Å². The lowest BCUT2D eigenvalue weighted by Crippen LogP contribution is -2.33. The van der Waals surface area contributed by atoms with E-state index in [-0.39, 0.29) is 12.0 Å². The highest BCUT2D eigenvalue weighted by molar-refractivity contribution is 9.08. The molecule has 2 aromatic carbocycles. The topological polar surface area (TPSA) is 88.8 Å². The minimum Gasteiger partial charge on any atom is -0.496 e. The number of halogens is 1. The number of benzene rings is 2. The fourth-order valence-electron chi connectivity index (χ4n) is 5.02. The summed E-state index contributed by atoms with van der Waals surface area (Å²) in [6, 6.07) is 14.4. The van der Waals surface area contributed by atoms with Gasteiger partial charge in [-0.15, -0.1) is 0 Å². The highest BCUT2D eigenvalue weighted by Gasteiger charge is 2.39. The van der Waals surface area contributed by atoms with Crippen LogP contribution in [0.2, 0.25) is 0 Å². The summed E-state index contributed by atoms with van der Waals surface area (Å²) in [6.07, 6.45) is 6.89. The first-order valence-corrected chi connectivity index (χ1v) is 13.7. The van der Waals surface area contributed by atoms with Gasteiger partial charge in [0.1, 0.15) is 5.75 Å². The Bertz CT molecular complexity index is 1070. The van der Waals surface area contributed by atoms with Gasteiger partial charge in [0.15, 0.2) is 11.5 Å². The van der Waals surface area contributed by atoms with E-state index in [0.29, 0.717) is 37.2 Å². The normalized spacial score (nSPS) is 21.6. The van der Waals surface area contributed by atoms with Crippen LogP contribution in [0.5, 0.6) is 17.2 Å². The predicted octanol–water partition coefficient (Wildman–Crippen LogP) is 6.95. The van der Waals surface area contributed by atoms with Crippen molar-refractivity contribution in [2.24, 2.45) is 5.92 Å². The minimum atomic E-state index is -0.758. The number of nitriles is 1. The zero-order chi connectivity index (χ0) is 26.1. The van der Waals surface area contributed by atoms with Crippen molar-refractivity contribution in [3.05, 3.63) is 53.1 Å². The molecule has 2 aliphatic carbocycles. The van der Waals surface area contributed by atoms with E-state index in [1.807, 2.05) is 31.2 Å². The van der Waals surface area contributed by atoms with Crippen molar-refractivity contribution in [1.29, 1.82) is 5.26 Å². The lowest BCUT2D eigenvalue weighted by atomic mass is 9.67. The second kappa shape index (κ2) is 13.0. The van der Waals surface area contributed by atoms with Crippen molar-refractivity contribution >= 4 is 21.9 Å². The molecule has 0 aromatic heterocycles. The average molecular weight is 559 g/mol. The van der Waals surface area contributed by atoms with Crippen molar-refractivity contribution < 1.29 is 24.1 Å². The highest BCUT2D eigenvalue weighted by Crippen LogP contribution is 2.44. The Balaban J connectivity index is 0.000000275. The number of nitrogens with zero attached hydrogens (tertiary/aromatic N) is 1. The molecule has 0 radical (unpaired) electrons. The van der Waals surface area contributed by atoms with Crippen LogP contribution in [-0.2, 0) is 15.5 Å². The van der Waals surface area contributed by atoms with Gasteiger partial charge < -0.3 is 19.3 Å². The molecule has 0 bridgehead atoms. The first kappa shape index (κ1) is 27.9. The number of ether oxygens (including phenoxy) is 3. The lowest BCUT2D eigenvalue weighted by Gasteiger charge is -2.34. The maximum Gasteiger partial charge on any atom is 0.306 e. The van der Waals surface area contributed by atoms with Crippen LogP contribution in [0.4, 0.5) is 0 Å². The molecule has 2 aliphatic rings. The van der Waals surface area contributed by atoms with Gasteiger partial charge in [-0.05, 0) is 93.2 Å². The first-order valence-electron chi connectivity index (χ1n) is 12.5. The van der Waals surface area contributed by atoms with E-state index in [0.717, 1.165) is 29.5 Å². The fourth-order valence-corrected chi connectivity index (χ4v) is 5.37. The van der Waals surface area contributed by atoms with E-state index in [2.05, 4.69) is 34.1 Å². The molecule has 0 amide bonds. The van der Waals surface area contributed by atoms with Gasteiger partial charge in [0.25, 0.3) is 0 Å². The number of carboxylic acids is 1. The van der Waals surface area contributed by atoms with Crippen LogP contribution in [0, 0.1) is 24.2 Å². The summed E-state index contributed by atoms with van der Waals surface area (Å²) in [4.78, 5) is 11.2. The zero-order valence-corrected chi connectivity index (χ0v) is 23.0. The maximum atomic E-state index is 11.2. The summed E-state index contributed by atoms with van der Waals surface area (Å²) >= 11 is 3.39. The molecule has 7 heteroatoms. The molecule has 0 saturated heterocycles. The fraction of sp³-hybridized carbons (Fsp3) is 0.517. The van der Waals surface area contributed by atoms with Gasteiger partial charge in [-0.3, -0.25) is 4.79 Å². The van der Waals surface area contributed by atoms with Gasteiger partial charge in [0.2, 0.25) is 0 Å². The van der Waals surface area contributed by atoms with E-state index in [1.54, 1.807) is 14.2 Å². The number of aliphatic carboxylic acids is 1. The van der Waals surface area contributed by atoms with Crippen molar-refractivity contribution in [1.82, 2.24) is 0 Å². The van der Waals surface area contributed by atoms with Crippen LogP contribution in [-0.4, -0.2) is 31.4 Å². The summed E-state index contributed by atoms with van der Waals surface area (Å²) < 4.78 is 16.7. The van der Waals surface area contributed by atoms with E-state index in [9.17, 15) is 15.2 Å². The molecular weight excluding hydrogens is 522 g/mol. The van der Waals surface area contributed by atoms with Crippen molar-refractivity contribution in [2.75, 3.05) is 14.2 Å². The Kier molecular flexibility index (Phi) is 10.1. The largest absolute Gasteiger partial charge is 0.496 e. The molecule has 1 N–H and O–H groups in total. The van der Waals surface area contributed by atoms with E-state index < -0.39 is 11.4 Å². The molecule has 0 atom stereocenters. The van der Waals surface area contributed by atoms with Crippen LogP contribution in [0.25, 0.3) is 0 Å². The summed E-state index contributed by atoms with van der Waals surface area (Å²) in [5.41, 5.74) is 2.70. The SMILES string of the molecule is COc1cc(CBr)ccc1C.COc1ccc(C2(C#N)CCC(C(=O)O)CC2)cc1OC1CCCC1. The maximum absolute atomic E-state index is 11.2. The predicted molar refractivity (Wildman–Crippen MR) is 143 cm³/mol. The van der Waals surface area contributed by atoms with E-state index in [4.69, 9.17) is 14.2 Å². The molecular formula is C29H36BrNO5. The van der Waals surface area contributed by atoms with E-state index in [1.165, 1.54) is 24.0 Å². The third-order valence-electron chi connectivity index (χ3n) is 7.34. The van der Waals surface area contributed by atoms with Gasteiger partial charge >= 0.3 is 5.97 Å². The molecule has 6 nitrogen and oxygen atoms in total. The van der Waals surface area contributed by atoms with Crippen LogP contribution in [0.15, 0.2) is 36.4 Å². The number of carbonyl (C=O) groups is 1. The summed E-state index contributed by atoms with van der Waals surface area (Å²) in [5.74, 6) is 1.24. The monoisotopic (exact) mass is 557 g/mol. The van der Waals surface area contributed by atoms with Crippen LogP contribution < -0.4 is 14.2 Å². The average Bonchev–Trinajstić information content (AvgIpc) is 3.42. The molecule has 2 saturated carbocycles.